The Morgan fingerprint density at radius 2 is 0.930 bits per heavy atom. The summed E-state index contributed by atoms with van der Waals surface area (Å²) in [7, 11) is 1.36. The van der Waals surface area contributed by atoms with Gasteiger partial charge in [0.15, 0.2) is 0 Å². The van der Waals surface area contributed by atoms with E-state index in [1.807, 2.05) is 21.1 Å². The second-order valence-electron chi connectivity index (χ2n) is 17.5. The van der Waals surface area contributed by atoms with Gasteiger partial charge in [-0.25, -0.2) is 0 Å². The first-order valence-electron chi connectivity index (χ1n) is 24.1. The third kappa shape index (κ3) is 45.9. The SMILES string of the molecule is CCCC/C=C\CCCCCCCC(=O)OC(COCCCCCCCCCCCCCC/C=C\CCCCCCCCCC)COP(=O)([O-])OCC[N+](C)(C)C. The fraction of sp³-hybridized carbons (Fsp3) is 0.896. The number of phosphoric acid groups is 1. The molecule has 0 heterocycles. The lowest BCUT2D eigenvalue weighted by molar-refractivity contribution is -0.870. The van der Waals surface area contributed by atoms with Crippen LogP contribution in [0.5, 0.6) is 0 Å². The topological polar surface area (TPSA) is 94.1 Å². The van der Waals surface area contributed by atoms with Crippen LogP contribution in [0.2, 0.25) is 0 Å². The quantitative estimate of drug-likeness (QED) is 0.0198. The van der Waals surface area contributed by atoms with Crippen LogP contribution in [-0.2, 0) is 27.9 Å². The highest BCUT2D eigenvalue weighted by Gasteiger charge is 2.20. The number of phosphoric ester groups is 1. The van der Waals surface area contributed by atoms with Gasteiger partial charge in [0.25, 0.3) is 7.82 Å². The van der Waals surface area contributed by atoms with Crippen LogP contribution in [0, 0.1) is 0 Å². The van der Waals surface area contributed by atoms with Gasteiger partial charge in [0.2, 0.25) is 0 Å². The number of rotatable bonds is 45. The van der Waals surface area contributed by atoms with E-state index in [4.69, 9.17) is 18.5 Å². The fourth-order valence-electron chi connectivity index (χ4n) is 6.70. The number of hydrogen-bond acceptors (Lipinski definition) is 7. The fourth-order valence-corrected chi connectivity index (χ4v) is 7.43. The Hall–Kier alpha value is -1.02. The minimum absolute atomic E-state index is 0.0259. The molecule has 0 aliphatic carbocycles. The summed E-state index contributed by atoms with van der Waals surface area (Å²) < 4.78 is 34.6. The molecule has 57 heavy (non-hydrogen) atoms. The van der Waals surface area contributed by atoms with Crippen molar-refractivity contribution in [2.75, 3.05) is 54.1 Å². The predicted molar refractivity (Wildman–Crippen MR) is 240 cm³/mol. The molecule has 338 valence electrons. The van der Waals surface area contributed by atoms with E-state index in [2.05, 4.69) is 38.2 Å². The summed E-state index contributed by atoms with van der Waals surface area (Å²) in [5.74, 6) is -0.343. The molecule has 2 unspecified atom stereocenters. The molecule has 0 radical (unpaired) electrons. The first-order chi connectivity index (χ1) is 27.6. The summed E-state index contributed by atoms with van der Waals surface area (Å²) in [5, 5.41) is 0. The number of quaternary nitrogens is 1. The number of likely N-dealkylation sites (N-methyl/N-ethyl adjacent to an activating group) is 1. The molecule has 0 N–H and O–H groups in total. The summed E-state index contributed by atoms with van der Waals surface area (Å²) in [5.41, 5.74) is 0. The number of esters is 1. The van der Waals surface area contributed by atoms with Crippen molar-refractivity contribution in [2.45, 2.75) is 225 Å². The van der Waals surface area contributed by atoms with Crippen LogP contribution < -0.4 is 4.89 Å². The maximum Gasteiger partial charge on any atom is 0.306 e. The lowest BCUT2D eigenvalue weighted by Crippen LogP contribution is -2.37. The number of nitrogens with zero attached hydrogens (tertiary/aromatic N) is 1. The van der Waals surface area contributed by atoms with Crippen molar-refractivity contribution in [3.63, 3.8) is 0 Å². The molecule has 0 bridgehead atoms. The molecule has 9 heteroatoms. The molecule has 8 nitrogen and oxygen atoms in total. The second-order valence-corrected chi connectivity index (χ2v) is 18.9. The number of hydrogen-bond donors (Lipinski definition) is 0. The van der Waals surface area contributed by atoms with E-state index >= 15 is 0 Å². The van der Waals surface area contributed by atoms with Gasteiger partial charge in [-0.1, -0.05) is 179 Å². The van der Waals surface area contributed by atoms with E-state index in [0.717, 1.165) is 44.9 Å². The van der Waals surface area contributed by atoms with Gasteiger partial charge in [0.1, 0.15) is 19.3 Å². The average Bonchev–Trinajstić information content (AvgIpc) is 3.16. The van der Waals surface area contributed by atoms with Gasteiger partial charge in [-0.05, 0) is 57.8 Å². The molecule has 2 atom stereocenters. The Balaban J connectivity index is 4.04. The van der Waals surface area contributed by atoms with E-state index in [9.17, 15) is 14.3 Å². The number of ether oxygens (including phenoxy) is 2. The molecule has 0 aromatic heterocycles. The van der Waals surface area contributed by atoms with Crippen LogP contribution in [-0.4, -0.2) is 70.7 Å². The summed E-state index contributed by atoms with van der Waals surface area (Å²) in [4.78, 5) is 25.0. The first kappa shape index (κ1) is 56.0. The van der Waals surface area contributed by atoms with Crippen molar-refractivity contribution in [1.29, 1.82) is 0 Å². The van der Waals surface area contributed by atoms with Crippen LogP contribution in [0.4, 0.5) is 0 Å². The molecule has 0 aliphatic heterocycles. The molecule has 0 aromatic rings. The first-order valence-corrected chi connectivity index (χ1v) is 25.5. The van der Waals surface area contributed by atoms with Crippen LogP contribution >= 0.6 is 7.82 Å². The largest absolute Gasteiger partial charge is 0.756 e. The Morgan fingerprint density at radius 3 is 1.39 bits per heavy atom. The monoisotopic (exact) mass is 828 g/mol. The number of allylic oxidation sites excluding steroid dienone is 4. The Labute approximate surface area is 353 Å². The Kier molecular flexibility index (Phi) is 41.0. The van der Waals surface area contributed by atoms with E-state index in [1.54, 1.807) is 0 Å². The highest BCUT2D eigenvalue weighted by molar-refractivity contribution is 7.45. The molecule has 0 aromatic carbocycles. The summed E-state index contributed by atoms with van der Waals surface area (Å²) in [6.45, 7) is 5.39. The summed E-state index contributed by atoms with van der Waals surface area (Å²) in [6, 6.07) is 0. The van der Waals surface area contributed by atoms with Gasteiger partial charge in [-0.15, -0.1) is 0 Å². The van der Waals surface area contributed by atoms with Crippen molar-refractivity contribution in [1.82, 2.24) is 0 Å². The van der Waals surface area contributed by atoms with Crippen molar-refractivity contribution >= 4 is 13.8 Å². The second kappa shape index (κ2) is 41.7. The van der Waals surface area contributed by atoms with Crippen molar-refractivity contribution in [2.24, 2.45) is 0 Å². The molecule has 0 fully saturated rings. The standard InChI is InChI=1S/C48H94NO7P/c1-6-8-10-12-14-16-18-19-20-21-22-23-24-25-26-27-28-29-30-32-34-36-38-40-43-53-45-47(46-55-57(51,52)54-44-42-49(3,4)5)56-48(50)41-39-37-35-33-31-17-15-13-11-9-7-2/h13,15,21-22,47H,6-12,14,16-20,23-46H2,1-5H3/b15-13-,22-21-. The minimum Gasteiger partial charge on any atom is -0.756 e. The van der Waals surface area contributed by atoms with Gasteiger partial charge in [-0.3, -0.25) is 9.36 Å². The van der Waals surface area contributed by atoms with Crippen molar-refractivity contribution < 1.29 is 37.3 Å². The minimum atomic E-state index is -4.52. The smallest absolute Gasteiger partial charge is 0.306 e. The molecule has 0 rings (SSSR count). The zero-order valence-corrected chi connectivity index (χ0v) is 39.2. The third-order valence-corrected chi connectivity index (χ3v) is 11.4. The van der Waals surface area contributed by atoms with E-state index in [-0.39, 0.29) is 25.8 Å². The highest BCUT2D eigenvalue weighted by atomic mass is 31.2. The molecule has 0 aliphatic rings. The van der Waals surface area contributed by atoms with Gasteiger partial charge in [0, 0.05) is 13.0 Å². The van der Waals surface area contributed by atoms with Crippen LogP contribution in [0.15, 0.2) is 24.3 Å². The zero-order chi connectivity index (χ0) is 42.0. The van der Waals surface area contributed by atoms with Crippen LogP contribution in [0.25, 0.3) is 0 Å². The van der Waals surface area contributed by atoms with Crippen molar-refractivity contribution in [3.05, 3.63) is 24.3 Å². The van der Waals surface area contributed by atoms with Crippen LogP contribution in [0.3, 0.4) is 0 Å². The van der Waals surface area contributed by atoms with E-state index < -0.39 is 13.9 Å². The molecule has 0 spiro atoms. The lowest BCUT2D eigenvalue weighted by atomic mass is 10.0. The molecule has 0 saturated heterocycles. The van der Waals surface area contributed by atoms with Gasteiger partial charge in [0.05, 0.1) is 34.4 Å². The maximum atomic E-state index is 12.6. The zero-order valence-electron chi connectivity index (χ0n) is 38.3. The molecular formula is C48H94NO7P. The Morgan fingerprint density at radius 1 is 0.526 bits per heavy atom. The number of carbonyl (C=O) groups is 1. The third-order valence-electron chi connectivity index (χ3n) is 10.5. The van der Waals surface area contributed by atoms with Gasteiger partial charge >= 0.3 is 5.97 Å². The summed E-state index contributed by atoms with van der Waals surface area (Å²) >= 11 is 0. The molecule has 0 saturated carbocycles. The normalized spacial score (nSPS) is 13.9. The van der Waals surface area contributed by atoms with E-state index in [1.165, 1.54) is 154 Å². The molecular weight excluding hydrogens is 734 g/mol. The lowest BCUT2D eigenvalue weighted by Gasteiger charge is -2.28. The van der Waals surface area contributed by atoms with Crippen molar-refractivity contribution in [3.8, 4) is 0 Å². The van der Waals surface area contributed by atoms with Crippen LogP contribution in [0.1, 0.15) is 219 Å². The molecule has 0 amide bonds. The van der Waals surface area contributed by atoms with Gasteiger partial charge < -0.3 is 27.9 Å². The maximum absolute atomic E-state index is 12.6. The highest BCUT2D eigenvalue weighted by Crippen LogP contribution is 2.38. The average molecular weight is 828 g/mol. The number of unbranched alkanes of at least 4 members (excludes halogenated alkanes) is 27. The Bertz CT molecular complexity index is 967. The van der Waals surface area contributed by atoms with Gasteiger partial charge in [-0.2, -0.15) is 0 Å². The van der Waals surface area contributed by atoms with E-state index in [0.29, 0.717) is 24.1 Å². The predicted octanol–water partition coefficient (Wildman–Crippen LogP) is 13.8. The summed E-state index contributed by atoms with van der Waals surface area (Å²) in [6.07, 6.45) is 47.8. The number of carbonyl (C=O) groups excluding carboxylic acids is 1.